The molecule has 1 saturated carbocycles. The van der Waals surface area contributed by atoms with Crippen molar-refractivity contribution in [1.29, 1.82) is 0 Å². The molecular formula is C26H25FN6O2. The number of nitrogens with zero attached hydrogens (tertiary/aromatic N) is 5. The Morgan fingerprint density at radius 2 is 1.94 bits per heavy atom. The van der Waals surface area contributed by atoms with Crippen molar-refractivity contribution in [2.45, 2.75) is 38.6 Å². The van der Waals surface area contributed by atoms with Crippen molar-refractivity contribution in [3.05, 3.63) is 83.8 Å². The van der Waals surface area contributed by atoms with Crippen molar-refractivity contribution in [2.24, 2.45) is 0 Å². The van der Waals surface area contributed by atoms with Crippen LogP contribution in [0.1, 0.15) is 47.7 Å². The molecule has 1 aliphatic rings. The van der Waals surface area contributed by atoms with E-state index < -0.39 is 0 Å². The zero-order chi connectivity index (χ0) is 24.4. The van der Waals surface area contributed by atoms with E-state index in [9.17, 15) is 9.18 Å². The molecule has 1 aromatic carbocycles. The van der Waals surface area contributed by atoms with Crippen LogP contribution in [0, 0.1) is 12.7 Å². The van der Waals surface area contributed by atoms with E-state index in [2.05, 4.69) is 25.5 Å². The summed E-state index contributed by atoms with van der Waals surface area (Å²) < 4.78 is 22.1. The summed E-state index contributed by atoms with van der Waals surface area (Å²) in [6.45, 7) is 4.29. The second-order valence-corrected chi connectivity index (χ2v) is 8.48. The second-order valence-electron chi connectivity index (χ2n) is 8.48. The summed E-state index contributed by atoms with van der Waals surface area (Å²) in [7, 11) is 0. The number of hydrogen-bond acceptors (Lipinski definition) is 6. The monoisotopic (exact) mass is 472 g/mol. The minimum absolute atomic E-state index is 0.00863. The van der Waals surface area contributed by atoms with Crippen molar-refractivity contribution < 1.29 is 13.9 Å². The number of rotatable bonds is 7. The summed E-state index contributed by atoms with van der Waals surface area (Å²) >= 11 is 0. The van der Waals surface area contributed by atoms with Gasteiger partial charge in [-0.2, -0.15) is 0 Å². The first-order valence-corrected chi connectivity index (χ1v) is 11.6. The highest BCUT2D eigenvalue weighted by Gasteiger charge is 2.36. The quantitative estimate of drug-likeness (QED) is 0.432. The van der Waals surface area contributed by atoms with Crippen molar-refractivity contribution >= 4 is 5.91 Å². The minimum atomic E-state index is -0.379. The van der Waals surface area contributed by atoms with E-state index in [4.69, 9.17) is 4.74 Å². The normalized spacial score (nSPS) is 17.0. The van der Waals surface area contributed by atoms with Crippen LogP contribution in [0.25, 0.3) is 17.2 Å². The Kier molecular flexibility index (Phi) is 6.22. The molecule has 0 radical (unpaired) electrons. The number of aryl methyl sites for hydroxylation is 1. The summed E-state index contributed by atoms with van der Waals surface area (Å²) in [5.74, 6) is 1.16. The number of para-hydroxylation sites is 1. The van der Waals surface area contributed by atoms with E-state index in [1.807, 2.05) is 26.0 Å². The van der Waals surface area contributed by atoms with Gasteiger partial charge in [0.15, 0.2) is 5.82 Å². The van der Waals surface area contributed by atoms with Gasteiger partial charge in [-0.05, 0) is 63.1 Å². The molecule has 178 valence electrons. The highest BCUT2D eigenvalue weighted by Crippen LogP contribution is 2.39. The standard InChI is InChI=1S/C26H25FN6O2/c1-3-35-19-11-12-21(28-15-19)25-32-31-24(33(25)23-10-5-4-8-20(23)27)17-13-18(14-17)30-26(34)22-9-6-7-16(2)29-22/h4-12,15,17-18H,3,13-14H2,1-2H3,(H,30,34)/t17-,18-. The molecule has 3 aromatic heterocycles. The minimum Gasteiger partial charge on any atom is -0.492 e. The molecule has 4 aromatic rings. The topological polar surface area (TPSA) is 94.8 Å². The summed E-state index contributed by atoms with van der Waals surface area (Å²) in [6, 6.07) is 15.5. The fourth-order valence-corrected chi connectivity index (χ4v) is 4.24. The predicted molar refractivity (Wildman–Crippen MR) is 128 cm³/mol. The Bertz CT molecular complexity index is 1350. The molecule has 0 atom stereocenters. The van der Waals surface area contributed by atoms with Crippen LogP contribution in [0.3, 0.4) is 0 Å². The van der Waals surface area contributed by atoms with Crippen molar-refractivity contribution in [3.63, 3.8) is 0 Å². The van der Waals surface area contributed by atoms with E-state index >= 15 is 0 Å². The molecule has 0 aliphatic heterocycles. The van der Waals surface area contributed by atoms with Crippen LogP contribution >= 0.6 is 0 Å². The van der Waals surface area contributed by atoms with Gasteiger partial charge in [-0.1, -0.05) is 18.2 Å². The summed E-state index contributed by atoms with van der Waals surface area (Å²) in [5.41, 5.74) is 2.10. The van der Waals surface area contributed by atoms with Gasteiger partial charge in [0.1, 0.15) is 28.8 Å². The highest BCUT2D eigenvalue weighted by atomic mass is 19.1. The summed E-state index contributed by atoms with van der Waals surface area (Å²) in [5, 5.41) is 11.8. The Morgan fingerprint density at radius 1 is 1.11 bits per heavy atom. The van der Waals surface area contributed by atoms with Crippen molar-refractivity contribution in [1.82, 2.24) is 30.0 Å². The van der Waals surface area contributed by atoms with Gasteiger partial charge in [0, 0.05) is 17.7 Å². The SMILES string of the molecule is CCOc1ccc(-c2nnc([C@H]3C[C@H](NC(=O)c4cccc(C)n4)C3)n2-c2ccccc2F)nc1. The highest BCUT2D eigenvalue weighted by molar-refractivity contribution is 5.92. The lowest BCUT2D eigenvalue weighted by Crippen LogP contribution is -2.44. The Morgan fingerprint density at radius 3 is 2.66 bits per heavy atom. The first-order valence-electron chi connectivity index (χ1n) is 11.6. The fourth-order valence-electron chi connectivity index (χ4n) is 4.24. The Balaban J connectivity index is 1.40. The molecule has 0 unspecified atom stereocenters. The lowest BCUT2D eigenvalue weighted by molar-refractivity contribution is 0.0901. The van der Waals surface area contributed by atoms with E-state index in [0.29, 0.717) is 53.9 Å². The van der Waals surface area contributed by atoms with E-state index in [0.717, 1.165) is 5.69 Å². The van der Waals surface area contributed by atoms with Gasteiger partial charge < -0.3 is 10.1 Å². The maximum atomic E-state index is 14.9. The number of nitrogens with one attached hydrogen (secondary N) is 1. The van der Waals surface area contributed by atoms with Gasteiger partial charge in [0.05, 0.1) is 18.5 Å². The van der Waals surface area contributed by atoms with Crippen LogP contribution in [0.2, 0.25) is 0 Å². The van der Waals surface area contributed by atoms with Gasteiger partial charge in [-0.25, -0.2) is 14.4 Å². The van der Waals surface area contributed by atoms with Gasteiger partial charge in [-0.3, -0.25) is 9.36 Å². The lowest BCUT2D eigenvalue weighted by Gasteiger charge is -2.35. The molecule has 3 heterocycles. The Labute approximate surface area is 202 Å². The average Bonchev–Trinajstić information content (AvgIpc) is 3.26. The molecule has 1 fully saturated rings. The molecule has 0 spiro atoms. The predicted octanol–water partition coefficient (Wildman–Crippen LogP) is 4.25. The number of hydrogen-bond donors (Lipinski definition) is 1. The third kappa shape index (κ3) is 4.62. The van der Waals surface area contributed by atoms with Crippen molar-refractivity contribution in [3.8, 4) is 23.0 Å². The number of ether oxygens (including phenoxy) is 1. The van der Waals surface area contributed by atoms with Crippen LogP contribution in [0.5, 0.6) is 5.75 Å². The van der Waals surface area contributed by atoms with Crippen LogP contribution in [0.15, 0.2) is 60.8 Å². The van der Waals surface area contributed by atoms with E-state index in [1.165, 1.54) is 6.07 Å². The number of benzene rings is 1. The molecule has 1 aliphatic carbocycles. The third-order valence-electron chi connectivity index (χ3n) is 6.02. The lowest BCUT2D eigenvalue weighted by atomic mass is 9.79. The zero-order valence-electron chi connectivity index (χ0n) is 19.5. The summed E-state index contributed by atoms with van der Waals surface area (Å²) in [6.07, 6.45) is 2.95. The second kappa shape index (κ2) is 9.61. The summed E-state index contributed by atoms with van der Waals surface area (Å²) in [4.78, 5) is 21.3. The maximum Gasteiger partial charge on any atom is 0.270 e. The number of pyridine rings is 2. The maximum absolute atomic E-state index is 14.9. The molecule has 0 saturated heterocycles. The number of aromatic nitrogens is 5. The number of amides is 1. The Hall–Kier alpha value is -4.14. The molecule has 8 nitrogen and oxygen atoms in total. The van der Waals surface area contributed by atoms with Crippen molar-refractivity contribution in [2.75, 3.05) is 6.61 Å². The van der Waals surface area contributed by atoms with Crippen LogP contribution in [-0.4, -0.2) is 43.3 Å². The van der Waals surface area contributed by atoms with Gasteiger partial charge in [-0.15, -0.1) is 10.2 Å². The zero-order valence-corrected chi connectivity index (χ0v) is 19.5. The molecule has 1 amide bonds. The molecule has 0 bridgehead atoms. The van der Waals surface area contributed by atoms with E-state index in [1.54, 1.807) is 47.2 Å². The number of halogens is 1. The fraction of sp³-hybridized carbons (Fsp3) is 0.269. The van der Waals surface area contributed by atoms with Crippen LogP contribution < -0.4 is 10.1 Å². The first kappa shape index (κ1) is 22.6. The molecule has 5 rings (SSSR count). The number of carbonyl (C=O) groups excluding carboxylic acids is 1. The van der Waals surface area contributed by atoms with Gasteiger partial charge in [0.2, 0.25) is 0 Å². The van der Waals surface area contributed by atoms with Crippen LogP contribution in [-0.2, 0) is 0 Å². The average molecular weight is 473 g/mol. The molecular weight excluding hydrogens is 447 g/mol. The smallest absolute Gasteiger partial charge is 0.270 e. The van der Waals surface area contributed by atoms with Gasteiger partial charge >= 0.3 is 0 Å². The van der Waals surface area contributed by atoms with Crippen LogP contribution in [0.4, 0.5) is 4.39 Å². The molecule has 1 N–H and O–H groups in total. The molecule has 35 heavy (non-hydrogen) atoms. The number of carbonyl (C=O) groups is 1. The largest absolute Gasteiger partial charge is 0.492 e. The van der Waals surface area contributed by atoms with Gasteiger partial charge in [0.25, 0.3) is 5.91 Å². The van der Waals surface area contributed by atoms with E-state index in [-0.39, 0.29) is 23.7 Å². The molecule has 9 heteroatoms. The third-order valence-corrected chi connectivity index (χ3v) is 6.02. The first-order chi connectivity index (χ1) is 17.0.